The Balaban J connectivity index is 1.07. The van der Waals surface area contributed by atoms with E-state index in [9.17, 15) is 14.4 Å². The summed E-state index contributed by atoms with van der Waals surface area (Å²) in [6, 6.07) is 42.9. The highest BCUT2D eigenvalue weighted by atomic mass is 32.2. The van der Waals surface area contributed by atoms with Crippen LogP contribution in [0.3, 0.4) is 0 Å². The quantitative estimate of drug-likeness (QED) is 0.0809. The molecule has 0 aliphatic carbocycles. The van der Waals surface area contributed by atoms with Crippen LogP contribution in [0.25, 0.3) is 0 Å². The Morgan fingerprint density at radius 2 is 1.22 bits per heavy atom. The van der Waals surface area contributed by atoms with Gasteiger partial charge in [0.2, 0.25) is 11.8 Å². The Morgan fingerprint density at radius 1 is 0.704 bits per heavy atom. The van der Waals surface area contributed by atoms with Gasteiger partial charge in [0.05, 0.1) is 12.1 Å². The molecule has 0 unspecified atom stereocenters. The molecule has 0 saturated carbocycles. The van der Waals surface area contributed by atoms with Crippen molar-refractivity contribution in [3.8, 4) is 0 Å². The number of carbonyl (C=O) groups excluding carboxylic acids is 3. The number of nitrogens with one attached hydrogen (secondary N) is 2. The molecular formula is C44H52N4O3P2S. The van der Waals surface area contributed by atoms with Gasteiger partial charge in [0.25, 0.3) is 0 Å². The summed E-state index contributed by atoms with van der Waals surface area (Å²) in [5.74, 6) is 1.15. The number of hydrogen-bond donors (Lipinski definition) is 2. The van der Waals surface area contributed by atoms with Gasteiger partial charge in [-0.3, -0.25) is 9.59 Å². The highest BCUT2D eigenvalue weighted by molar-refractivity contribution is 8.00. The van der Waals surface area contributed by atoms with Gasteiger partial charge >= 0.3 is 6.03 Å². The van der Waals surface area contributed by atoms with E-state index in [1.54, 1.807) is 0 Å². The number of piperidine rings is 1. The molecule has 3 fully saturated rings. The first-order chi connectivity index (χ1) is 26.5. The zero-order chi connectivity index (χ0) is 37.1. The number of unbranched alkanes of at least 4 members (excludes halogenated alkanes) is 1. The summed E-state index contributed by atoms with van der Waals surface area (Å²) >= 11 is 1.92. The van der Waals surface area contributed by atoms with E-state index in [0.29, 0.717) is 37.7 Å². The number of nitrogens with zero attached hydrogens (tertiary/aromatic N) is 2. The molecule has 54 heavy (non-hydrogen) atoms. The molecule has 282 valence electrons. The second-order valence-corrected chi connectivity index (χ2v) is 20.4. The predicted octanol–water partition coefficient (Wildman–Crippen LogP) is 6.19. The van der Waals surface area contributed by atoms with Crippen LogP contribution in [0, 0.1) is 0 Å². The number of thioether (sulfide) groups is 1. The number of hydrogen-bond acceptors (Lipinski definition) is 4. The van der Waals surface area contributed by atoms with E-state index >= 15 is 0 Å². The molecule has 3 aliphatic heterocycles. The summed E-state index contributed by atoms with van der Waals surface area (Å²) < 4.78 is 0. The first-order valence-corrected chi connectivity index (χ1v) is 23.7. The van der Waals surface area contributed by atoms with Gasteiger partial charge in [-0.1, -0.05) is 128 Å². The Bertz CT molecular complexity index is 1640. The molecule has 4 aromatic carbocycles. The van der Waals surface area contributed by atoms with Crippen molar-refractivity contribution in [2.45, 2.75) is 68.3 Å². The lowest BCUT2D eigenvalue weighted by Gasteiger charge is -2.38. The van der Waals surface area contributed by atoms with Crippen molar-refractivity contribution in [1.29, 1.82) is 0 Å². The summed E-state index contributed by atoms with van der Waals surface area (Å²) in [6.45, 7) is 1.93. The van der Waals surface area contributed by atoms with E-state index in [4.69, 9.17) is 0 Å². The van der Waals surface area contributed by atoms with Crippen LogP contribution in [0.1, 0.15) is 44.9 Å². The van der Waals surface area contributed by atoms with Crippen LogP contribution in [-0.2, 0) is 9.59 Å². The van der Waals surface area contributed by atoms with E-state index in [1.165, 1.54) is 21.2 Å². The second kappa shape index (κ2) is 19.2. The fourth-order valence-corrected chi connectivity index (χ4v) is 14.3. The van der Waals surface area contributed by atoms with E-state index in [-0.39, 0.29) is 29.9 Å². The normalized spacial score (nSPS) is 20.8. The van der Waals surface area contributed by atoms with Gasteiger partial charge < -0.3 is 20.4 Å². The molecule has 3 saturated heterocycles. The van der Waals surface area contributed by atoms with Crippen molar-refractivity contribution >= 4 is 66.7 Å². The molecule has 2 N–H and O–H groups in total. The Morgan fingerprint density at radius 3 is 1.74 bits per heavy atom. The fraction of sp³-hybridized carbons (Fsp3) is 0.386. The standard InChI is InChI=1S/C44H52N4O3P2S/c49-41(27-14-13-26-40-42-38(33-54-40)45-44(51)46-42)48-28-16-15-25-39(48)43(50)47(29-31-52(34-17-5-1-6-18-34)35-19-7-2-8-20-35)30-32-53(36-21-9-3-10-22-36)37-23-11-4-12-24-37/h1-12,17-24,38-40,42H,13-16,25-33H2,(H2,45,46,51)/t38-,39+,40-,42-/m0/s1. The Labute approximate surface area is 327 Å². The van der Waals surface area contributed by atoms with Crippen molar-refractivity contribution in [2.75, 3.05) is 37.7 Å². The Kier molecular flexibility index (Phi) is 13.7. The van der Waals surface area contributed by atoms with Gasteiger partial charge in [0, 0.05) is 37.1 Å². The van der Waals surface area contributed by atoms with Gasteiger partial charge in [-0.25, -0.2) is 4.79 Å². The summed E-state index contributed by atoms with van der Waals surface area (Å²) in [5.41, 5.74) is 0. The Hall–Kier alpha value is -3.70. The third-order valence-corrected chi connectivity index (χ3v) is 17.4. The molecule has 0 bridgehead atoms. The highest BCUT2D eigenvalue weighted by Gasteiger charge is 2.42. The molecule has 7 rings (SSSR count). The number of fused-ring (bicyclic) bond motifs is 1. The smallest absolute Gasteiger partial charge is 0.315 e. The van der Waals surface area contributed by atoms with Crippen LogP contribution < -0.4 is 31.9 Å². The number of likely N-dealkylation sites (tertiary alicyclic amines) is 1. The maximum atomic E-state index is 14.9. The third kappa shape index (κ3) is 9.75. The lowest BCUT2D eigenvalue weighted by atomic mass is 9.99. The molecular weight excluding hydrogens is 727 g/mol. The number of benzene rings is 4. The number of urea groups is 1. The lowest BCUT2D eigenvalue weighted by Crippen LogP contribution is -2.54. The summed E-state index contributed by atoms with van der Waals surface area (Å²) in [6.07, 6.45) is 7.51. The van der Waals surface area contributed by atoms with Crippen LogP contribution in [0.5, 0.6) is 0 Å². The minimum atomic E-state index is -0.681. The average Bonchev–Trinajstić information content (AvgIpc) is 3.79. The summed E-state index contributed by atoms with van der Waals surface area (Å²) in [4.78, 5) is 44.7. The van der Waals surface area contributed by atoms with E-state index in [2.05, 4.69) is 137 Å². The minimum absolute atomic E-state index is 0.0613. The molecule has 0 spiro atoms. The fourth-order valence-electron chi connectivity index (χ4n) is 8.13. The molecule has 0 aromatic heterocycles. The monoisotopic (exact) mass is 778 g/mol. The van der Waals surface area contributed by atoms with Crippen molar-refractivity contribution < 1.29 is 14.4 Å². The van der Waals surface area contributed by atoms with Gasteiger partial charge in [-0.2, -0.15) is 11.8 Å². The average molecular weight is 779 g/mol. The summed E-state index contributed by atoms with van der Waals surface area (Å²) in [7, 11) is -1.36. The second-order valence-electron chi connectivity index (χ2n) is 14.4. The lowest BCUT2D eigenvalue weighted by molar-refractivity contribution is -0.147. The molecule has 7 nitrogen and oxygen atoms in total. The maximum Gasteiger partial charge on any atom is 0.315 e. The molecule has 3 heterocycles. The van der Waals surface area contributed by atoms with Crippen molar-refractivity contribution in [1.82, 2.24) is 20.4 Å². The molecule has 4 atom stereocenters. The molecule has 3 aliphatic rings. The van der Waals surface area contributed by atoms with Crippen LogP contribution >= 0.6 is 27.6 Å². The maximum absolute atomic E-state index is 14.9. The van der Waals surface area contributed by atoms with Crippen LogP contribution in [0.2, 0.25) is 0 Å². The van der Waals surface area contributed by atoms with E-state index in [0.717, 1.165) is 50.2 Å². The van der Waals surface area contributed by atoms with Gasteiger partial charge in [0.15, 0.2) is 0 Å². The van der Waals surface area contributed by atoms with Crippen molar-refractivity contribution in [3.63, 3.8) is 0 Å². The van der Waals surface area contributed by atoms with Crippen molar-refractivity contribution in [2.24, 2.45) is 0 Å². The van der Waals surface area contributed by atoms with Crippen LogP contribution in [0.15, 0.2) is 121 Å². The first-order valence-electron chi connectivity index (χ1n) is 19.6. The zero-order valence-corrected chi connectivity index (χ0v) is 33.6. The number of amides is 4. The molecule has 10 heteroatoms. The largest absolute Gasteiger partial charge is 0.340 e. The summed E-state index contributed by atoms with van der Waals surface area (Å²) in [5, 5.41) is 11.7. The predicted molar refractivity (Wildman–Crippen MR) is 228 cm³/mol. The van der Waals surface area contributed by atoms with E-state index in [1.807, 2.05) is 16.7 Å². The first kappa shape index (κ1) is 38.6. The topological polar surface area (TPSA) is 81.8 Å². The number of rotatable bonds is 16. The van der Waals surface area contributed by atoms with Gasteiger partial charge in [-0.05, 0) is 81.5 Å². The van der Waals surface area contributed by atoms with Crippen LogP contribution in [0.4, 0.5) is 4.79 Å². The van der Waals surface area contributed by atoms with Gasteiger partial charge in [-0.15, -0.1) is 0 Å². The molecule has 4 amide bonds. The highest BCUT2D eigenvalue weighted by Crippen LogP contribution is 2.36. The SMILES string of the molecule is O=C1N[C@H]2[C@H](CS[C@H]2CCCCC(=O)N2CCCC[C@@H]2C(=O)N(CCP(c2ccccc2)c2ccccc2)CCP(c2ccccc2)c2ccccc2)N1. The third-order valence-electron chi connectivity index (χ3n) is 10.9. The van der Waals surface area contributed by atoms with Gasteiger partial charge in [0.1, 0.15) is 6.04 Å². The van der Waals surface area contributed by atoms with Crippen molar-refractivity contribution in [3.05, 3.63) is 121 Å². The molecule has 4 aromatic rings. The zero-order valence-electron chi connectivity index (χ0n) is 31.0. The number of carbonyl (C=O) groups is 3. The van der Waals surface area contributed by atoms with Crippen LogP contribution in [-0.4, -0.2) is 88.7 Å². The minimum Gasteiger partial charge on any atom is -0.340 e. The molecule has 0 radical (unpaired) electrons. The van der Waals surface area contributed by atoms with E-state index < -0.39 is 21.9 Å².